The number of aryl methyl sites for hydroxylation is 1. The molecule has 2 atom stereocenters. The first-order chi connectivity index (χ1) is 9.22. The van der Waals surface area contributed by atoms with E-state index in [4.69, 9.17) is 16.6 Å². The summed E-state index contributed by atoms with van der Waals surface area (Å²) < 4.78 is 2.39. The first-order valence-electron chi connectivity index (χ1n) is 6.79. The van der Waals surface area contributed by atoms with Crippen LogP contribution in [0.25, 0.3) is 11.0 Å². The van der Waals surface area contributed by atoms with Crippen molar-refractivity contribution in [1.29, 1.82) is 0 Å². The number of hydrogen-bond acceptors (Lipinski definition) is 2. The lowest BCUT2D eigenvalue weighted by molar-refractivity contribution is 0.519. The number of hydrogen-bond donors (Lipinski definition) is 0. The van der Waals surface area contributed by atoms with Gasteiger partial charge in [-0.25, -0.2) is 4.98 Å². The molecule has 0 spiro atoms. The summed E-state index contributed by atoms with van der Waals surface area (Å²) in [7, 11) is 0. The molecule has 1 aliphatic carbocycles. The van der Waals surface area contributed by atoms with Gasteiger partial charge in [-0.05, 0) is 50.1 Å². The van der Waals surface area contributed by atoms with Crippen LogP contribution < -0.4 is 0 Å². The number of alkyl halides is 1. The Morgan fingerprint density at radius 2 is 2.26 bits per heavy atom. The zero-order valence-electron chi connectivity index (χ0n) is 11.4. The lowest BCUT2D eigenvalue weighted by Crippen LogP contribution is -2.09. The van der Waals surface area contributed by atoms with E-state index in [0.29, 0.717) is 11.9 Å². The van der Waals surface area contributed by atoms with Crippen molar-refractivity contribution < 1.29 is 0 Å². The van der Waals surface area contributed by atoms with Gasteiger partial charge >= 0.3 is 0 Å². The standard InChI is InChI=1S/C15H19ClN2S/c1-10-3-6-13-14(7-10)18(15(9-16)17-13)11-4-5-12(8-11)19-2/h3,6-7,11-12H,4-5,8-9H2,1-2H3. The van der Waals surface area contributed by atoms with Gasteiger partial charge in [0.2, 0.25) is 0 Å². The number of benzene rings is 1. The zero-order valence-corrected chi connectivity index (χ0v) is 13.0. The molecule has 1 fully saturated rings. The Bertz CT molecular complexity index is 593. The minimum atomic E-state index is 0.494. The molecule has 0 aliphatic heterocycles. The fourth-order valence-corrected chi connectivity index (χ4v) is 4.10. The molecule has 4 heteroatoms. The van der Waals surface area contributed by atoms with Gasteiger partial charge in [0.1, 0.15) is 5.82 Å². The lowest BCUT2D eigenvalue weighted by Gasteiger charge is -2.16. The van der Waals surface area contributed by atoms with Crippen molar-refractivity contribution in [3.05, 3.63) is 29.6 Å². The number of rotatable bonds is 3. The van der Waals surface area contributed by atoms with Crippen LogP contribution in [-0.4, -0.2) is 21.1 Å². The van der Waals surface area contributed by atoms with Gasteiger partial charge in [-0.15, -0.1) is 11.6 Å². The van der Waals surface area contributed by atoms with E-state index < -0.39 is 0 Å². The molecule has 2 aromatic rings. The van der Waals surface area contributed by atoms with E-state index in [0.717, 1.165) is 16.6 Å². The van der Waals surface area contributed by atoms with Gasteiger partial charge in [-0.1, -0.05) is 6.07 Å². The molecule has 1 saturated carbocycles. The first-order valence-corrected chi connectivity index (χ1v) is 8.61. The van der Waals surface area contributed by atoms with E-state index in [1.54, 1.807) is 0 Å². The Morgan fingerprint density at radius 3 is 2.95 bits per heavy atom. The Hall–Kier alpha value is -0.670. The van der Waals surface area contributed by atoms with Gasteiger partial charge in [0.05, 0.1) is 16.9 Å². The molecule has 0 bridgehead atoms. The predicted molar refractivity (Wildman–Crippen MR) is 84.2 cm³/mol. The van der Waals surface area contributed by atoms with E-state index in [2.05, 4.69) is 35.9 Å². The lowest BCUT2D eigenvalue weighted by atomic mass is 10.2. The van der Waals surface area contributed by atoms with Crippen LogP contribution in [0.1, 0.15) is 36.7 Å². The Labute approximate surface area is 123 Å². The van der Waals surface area contributed by atoms with Crippen LogP contribution in [0.4, 0.5) is 0 Å². The molecule has 3 rings (SSSR count). The maximum atomic E-state index is 6.10. The van der Waals surface area contributed by atoms with E-state index in [1.165, 1.54) is 30.3 Å². The second-order valence-electron chi connectivity index (χ2n) is 5.35. The smallest absolute Gasteiger partial charge is 0.125 e. The van der Waals surface area contributed by atoms with Crippen LogP contribution in [0, 0.1) is 6.92 Å². The molecule has 2 nitrogen and oxygen atoms in total. The summed E-state index contributed by atoms with van der Waals surface area (Å²) in [5, 5.41) is 0.787. The summed E-state index contributed by atoms with van der Waals surface area (Å²) in [6.07, 6.45) is 6.00. The summed E-state index contributed by atoms with van der Waals surface area (Å²) in [4.78, 5) is 4.69. The highest BCUT2D eigenvalue weighted by Gasteiger charge is 2.28. The van der Waals surface area contributed by atoms with Crippen molar-refractivity contribution in [2.45, 2.75) is 43.4 Å². The Kier molecular flexibility index (Phi) is 3.77. The van der Waals surface area contributed by atoms with Crippen LogP contribution >= 0.6 is 23.4 Å². The molecule has 1 aliphatic rings. The summed E-state index contributed by atoms with van der Waals surface area (Å²) >= 11 is 8.09. The molecule has 1 aromatic carbocycles. The van der Waals surface area contributed by atoms with Gasteiger partial charge < -0.3 is 4.57 Å². The van der Waals surface area contributed by atoms with E-state index in [-0.39, 0.29) is 0 Å². The van der Waals surface area contributed by atoms with Gasteiger partial charge in [0.15, 0.2) is 0 Å². The number of nitrogens with zero attached hydrogens (tertiary/aromatic N) is 2. The summed E-state index contributed by atoms with van der Waals surface area (Å²) in [6, 6.07) is 7.04. The molecule has 0 saturated heterocycles. The van der Waals surface area contributed by atoms with Crippen molar-refractivity contribution in [1.82, 2.24) is 9.55 Å². The summed E-state index contributed by atoms with van der Waals surface area (Å²) in [6.45, 7) is 2.14. The Balaban J connectivity index is 2.08. The van der Waals surface area contributed by atoms with E-state index in [9.17, 15) is 0 Å². The topological polar surface area (TPSA) is 17.8 Å². The average molecular weight is 295 g/mol. The van der Waals surface area contributed by atoms with Gasteiger partial charge in [-0.3, -0.25) is 0 Å². The largest absolute Gasteiger partial charge is 0.324 e. The minimum absolute atomic E-state index is 0.494. The van der Waals surface area contributed by atoms with E-state index >= 15 is 0 Å². The fourth-order valence-electron chi connectivity index (χ4n) is 3.12. The predicted octanol–water partition coefficient (Wildman–Crippen LogP) is 4.54. The third kappa shape index (κ3) is 2.38. The van der Waals surface area contributed by atoms with Gasteiger partial charge in [0, 0.05) is 11.3 Å². The minimum Gasteiger partial charge on any atom is -0.324 e. The van der Waals surface area contributed by atoms with Crippen molar-refractivity contribution in [3.8, 4) is 0 Å². The second kappa shape index (κ2) is 5.37. The zero-order chi connectivity index (χ0) is 13.4. The van der Waals surface area contributed by atoms with Crippen molar-refractivity contribution in [2.75, 3.05) is 6.26 Å². The van der Waals surface area contributed by atoms with Crippen LogP contribution in [0.2, 0.25) is 0 Å². The summed E-state index contributed by atoms with van der Waals surface area (Å²) in [5.74, 6) is 1.52. The van der Waals surface area contributed by atoms with Gasteiger partial charge in [0.25, 0.3) is 0 Å². The molecule has 0 amide bonds. The molecule has 102 valence electrons. The highest BCUT2D eigenvalue weighted by atomic mass is 35.5. The Morgan fingerprint density at radius 1 is 1.42 bits per heavy atom. The molecule has 1 aromatic heterocycles. The van der Waals surface area contributed by atoms with Crippen LogP contribution in [0.15, 0.2) is 18.2 Å². The normalized spacial score (nSPS) is 23.3. The number of aromatic nitrogens is 2. The molecular formula is C15H19ClN2S. The molecule has 2 unspecified atom stereocenters. The second-order valence-corrected chi connectivity index (χ2v) is 6.75. The quantitative estimate of drug-likeness (QED) is 0.774. The SMILES string of the molecule is CSC1CCC(n2c(CCl)nc3ccc(C)cc32)C1. The molecule has 0 N–H and O–H groups in total. The number of thioether (sulfide) groups is 1. The first kappa shape index (κ1) is 13.3. The van der Waals surface area contributed by atoms with Crippen LogP contribution in [0.3, 0.4) is 0 Å². The highest BCUT2D eigenvalue weighted by molar-refractivity contribution is 7.99. The molecular weight excluding hydrogens is 276 g/mol. The monoisotopic (exact) mass is 294 g/mol. The average Bonchev–Trinajstić information content (AvgIpc) is 3.01. The van der Waals surface area contributed by atoms with Crippen LogP contribution in [-0.2, 0) is 5.88 Å². The van der Waals surface area contributed by atoms with Gasteiger partial charge in [-0.2, -0.15) is 11.8 Å². The van der Waals surface area contributed by atoms with Crippen molar-refractivity contribution >= 4 is 34.4 Å². The maximum Gasteiger partial charge on any atom is 0.125 e. The number of imidazole rings is 1. The number of halogens is 1. The molecule has 0 radical (unpaired) electrons. The van der Waals surface area contributed by atoms with Crippen molar-refractivity contribution in [2.24, 2.45) is 0 Å². The third-order valence-corrected chi connectivity index (χ3v) is 5.43. The summed E-state index contributed by atoms with van der Waals surface area (Å²) in [5.41, 5.74) is 3.62. The molecule has 1 heterocycles. The van der Waals surface area contributed by atoms with Crippen LogP contribution in [0.5, 0.6) is 0 Å². The number of fused-ring (bicyclic) bond motifs is 1. The third-order valence-electron chi connectivity index (χ3n) is 4.09. The maximum absolute atomic E-state index is 6.10. The highest BCUT2D eigenvalue weighted by Crippen LogP contribution is 2.38. The van der Waals surface area contributed by atoms with Crippen molar-refractivity contribution in [3.63, 3.8) is 0 Å². The van der Waals surface area contributed by atoms with E-state index in [1.807, 2.05) is 11.8 Å². The fraction of sp³-hybridized carbons (Fsp3) is 0.533. The molecule has 19 heavy (non-hydrogen) atoms.